The third-order valence-electron chi connectivity index (χ3n) is 1.82. The standard InChI is InChI=1S/C11H17NOS/c1-9-5-7-10(8-6-9)12-14(13)11(2,3)4/h5-8,12H,1-4H3. The molecule has 0 saturated heterocycles. The topological polar surface area (TPSA) is 29.1 Å². The summed E-state index contributed by atoms with van der Waals surface area (Å²) in [6.07, 6.45) is 0. The molecule has 0 spiro atoms. The van der Waals surface area contributed by atoms with Crippen molar-refractivity contribution < 1.29 is 4.21 Å². The van der Waals surface area contributed by atoms with Crippen LogP contribution in [0.3, 0.4) is 0 Å². The Morgan fingerprint density at radius 2 is 1.64 bits per heavy atom. The number of hydrogen-bond acceptors (Lipinski definition) is 1. The SMILES string of the molecule is Cc1ccc(NS(=O)C(C)(C)C)cc1. The van der Waals surface area contributed by atoms with Gasteiger partial charge in [-0.05, 0) is 39.8 Å². The van der Waals surface area contributed by atoms with Crippen molar-refractivity contribution in [2.24, 2.45) is 0 Å². The van der Waals surface area contributed by atoms with Gasteiger partial charge in [0.05, 0.1) is 4.75 Å². The Bertz CT molecular complexity index is 324. The second-order valence-corrected chi connectivity index (χ2v) is 6.32. The molecule has 0 saturated carbocycles. The van der Waals surface area contributed by atoms with Crippen molar-refractivity contribution in [3.8, 4) is 0 Å². The summed E-state index contributed by atoms with van der Waals surface area (Å²) in [6, 6.07) is 7.89. The molecule has 2 nitrogen and oxygen atoms in total. The van der Waals surface area contributed by atoms with E-state index in [1.165, 1.54) is 5.56 Å². The molecule has 0 aliphatic heterocycles. The molecule has 0 bridgehead atoms. The van der Waals surface area contributed by atoms with E-state index >= 15 is 0 Å². The molecule has 3 heteroatoms. The van der Waals surface area contributed by atoms with Gasteiger partial charge in [0.2, 0.25) is 0 Å². The third-order valence-corrected chi connectivity index (χ3v) is 3.35. The lowest BCUT2D eigenvalue weighted by atomic mass is 10.2. The van der Waals surface area contributed by atoms with Crippen LogP contribution < -0.4 is 4.72 Å². The van der Waals surface area contributed by atoms with Crippen molar-refractivity contribution in [1.29, 1.82) is 0 Å². The van der Waals surface area contributed by atoms with E-state index in [1.54, 1.807) is 0 Å². The van der Waals surface area contributed by atoms with Crippen LogP contribution in [0, 0.1) is 6.92 Å². The van der Waals surface area contributed by atoms with Crippen LogP contribution in [-0.4, -0.2) is 8.96 Å². The Morgan fingerprint density at radius 3 is 2.07 bits per heavy atom. The van der Waals surface area contributed by atoms with Crippen LogP contribution in [0.1, 0.15) is 26.3 Å². The summed E-state index contributed by atoms with van der Waals surface area (Å²) < 4.78 is 14.5. The molecule has 0 aliphatic rings. The Labute approximate surface area is 88.3 Å². The number of hydrogen-bond donors (Lipinski definition) is 1. The zero-order chi connectivity index (χ0) is 10.8. The lowest BCUT2D eigenvalue weighted by molar-refractivity contribution is 0.653. The molecule has 0 heterocycles. The van der Waals surface area contributed by atoms with E-state index < -0.39 is 11.0 Å². The maximum Gasteiger partial charge on any atom is 0.122 e. The minimum Gasteiger partial charge on any atom is -0.305 e. The van der Waals surface area contributed by atoms with Crippen molar-refractivity contribution >= 4 is 16.7 Å². The van der Waals surface area contributed by atoms with E-state index in [-0.39, 0.29) is 4.75 Å². The van der Waals surface area contributed by atoms with Crippen molar-refractivity contribution in [2.75, 3.05) is 4.72 Å². The van der Waals surface area contributed by atoms with Gasteiger partial charge in [-0.15, -0.1) is 0 Å². The smallest absolute Gasteiger partial charge is 0.122 e. The fourth-order valence-electron chi connectivity index (χ4n) is 0.882. The lowest BCUT2D eigenvalue weighted by Crippen LogP contribution is -2.27. The average molecular weight is 211 g/mol. The van der Waals surface area contributed by atoms with E-state index in [9.17, 15) is 4.21 Å². The molecule has 0 aliphatic carbocycles. The number of rotatable bonds is 2. The quantitative estimate of drug-likeness (QED) is 0.800. The van der Waals surface area contributed by atoms with Gasteiger partial charge in [0.15, 0.2) is 0 Å². The zero-order valence-electron chi connectivity index (χ0n) is 9.13. The first-order chi connectivity index (χ1) is 6.39. The predicted molar refractivity (Wildman–Crippen MR) is 62.7 cm³/mol. The van der Waals surface area contributed by atoms with Gasteiger partial charge < -0.3 is 4.72 Å². The Hall–Kier alpha value is -0.830. The molecule has 14 heavy (non-hydrogen) atoms. The first-order valence-corrected chi connectivity index (χ1v) is 5.80. The molecule has 0 radical (unpaired) electrons. The van der Waals surface area contributed by atoms with Gasteiger partial charge in [-0.1, -0.05) is 17.7 Å². The summed E-state index contributed by atoms with van der Waals surface area (Å²) in [4.78, 5) is 0. The van der Waals surface area contributed by atoms with E-state index in [4.69, 9.17) is 0 Å². The monoisotopic (exact) mass is 211 g/mol. The van der Waals surface area contributed by atoms with Crippen molar-refractivity contribution in [1.82, 2.24) is 0 Å². The zero-order valence-corrected chi connectivity index (χ0v) is 9.94. The third kappa shape index (κ3) is 3.14. The van der Waals surface area contributed by atoms with E-state index in [2.05, 4.69) is 4.72 Å². The Balaban J connectivity index is 2.71. The summed E-state index contributed by atoms with van der Waals surface area (Å²) in [7, 11) is -1.04. The summed E-state index contributed by atoms with van der Waals surface area (Å²) in [6.45, 7) is 7.88. The normalized spacial score (nSPS) is 13.7. The maximum absolute atomic E-state index is 11.7. The second kappa shape index (κ2) is 4.13. The summed E-state index contributed by atoms with van der Waals surface area (Å²) >= 11 is 0. The highest BCUT2D eigenvalue weighted by molar-refractivity contribution is 7.87. The van der Waals surface area contributed by atoms with Crippen LogP contribution in [0.25, 0.3) is 0 Å². The van der Waals surface area contributed by atoms with Gasteiger partial charge in [-0.25, -0.2) is 4.21 Å². The van der Waals surface area contributed by atoms with Crippen molar-refractivity contribution in [2.45, 2.75) is 32.4 Å². The van der Waals surface area contributed by atoms with Gasteiger partial charge in [-0.3, -0.25) is 0 Å². The van der Waals surface area contributed by atoms with Gasteiger partial charge in [-0.2, -0.15) is 0 Å². The van der Waals surface area contributed by atoms with Gasteiger partial charge in [0.1, 0.15) is 11.0 Å². The van der Waals surface area contributed by atoms with Gasteiger partial charge in [0, 0.05) is 5.69 Å². The van der Waals surface area contributed by atoms with E-state index in [0.29, 0.717) is 0 Å². The number of nitrogens with one attached hydrogen (secondary N) is 1. The van der Waals surface area contributed by atoms with Crippen molar-refractivity contribution in [3.05, 3.63) is 29.8 Å². The van der Waals surface area contributed by atoms with Crippen LogP contribution in [0.2, 0.25) is 0 Å². The number of aryl methyl sites for hydroxylation is 1. The molecule has 1 aromatic carbocycles. The molecule has 1 aromatic rings. The minimum absolute atomic E-state index is 0.231. The van der Waals surface area contributed by atoms with Crippen LogP contribution in [-0.2, 0) is 11.0 Å². The molecule has 1 atom stereocenters. The van der Waals surface area contributed by atoms with Crippen LogP contribution in [0.5, 0.6) is 0 Å². The van der Waals surface area contributed by atoms with Gasteiger partial charge >= 0.3 is 0 Å². The maximum atomic E-state index is 11.7. The fourth-order valence-corrected chi connectivity index (χ4v) is 1.54. The Kier molecular flexibility index (Phi) is 3.32. The molecule has 0 fully saturated rings. The lowest BCUT2D eigenvalue weighted by Gasteiger charge is -2.18. The first-order valence-electron chi connectivity index (χ1n) is 4.65. The molecule has 1 rings (SSSR count). The largest absolute Gasteiger partial charge is 0.305 e. The average Bonchev–Trinajstić information content (AvgIpc) is 2.07. The van der Waals surface area contributed by atoms with Gasteiger partial charge in [0.25, 0.3) is 0 Å². The highest BCUT2D eigenvalue weighted by Gasteiger charge is 2.19. The minimum atomic E-state index is -1.04. The second-order valence-electron chi connectivity index (χ2n) is 4.35. The summed E-state index contributed by atoms with van der Waals surface area (Å²) in [5.74, 6) is 0. The number of anilines is 1. The van der Waals surface area contributed by atoms with Crippen LogP contribution in [0.15, 0.2) is 24.3 Å². The highest BCUT2D eigenvalue weighted by atomic mass is 32.2. The predicted octanol–water partition coefficient (Wildman–Crippen LogP) is 2.87. The summed E-state index contributed by atoms with van der Waals surface area (Å²) in [5.41, 5.74) is 2.11. The molecule has 0 amide bonds. The van der Waals surface area contributed by atoms with Crippen molar-refractivity contribution in [3.63, 3.8) is 0 Å². The Morgan fingerprint density at radius 1 is 1.14 bits per heavy atom. The highest BCUT2D eigenvalue weighted by Crippen LogP contribution is 2.16. The van der Waals surface area contributed by atoms with E-state index in [0.717, 1.165) is 5.69 Å². The molecule has 1 N–H and O–H groups in total. The van der Waals surface area contributed by atoms with E-state index in [1.807, 2.05) is 52.0 Å². The van der Waals surface area contributed by atoms with Crippen LogP contribution >= 0.6 is 0 Å². The first kappa shape index (κ1) is 11.2. The molecular weight excluding hydrogens is 194 g/mol. The molecule has 1 unspecified atom stereocenters. The summed E-state index contributed by atoms with van der Waals surface area (Å²) in [5, 5.41) is 0. The molecular formula is C11H17NOS. The molecule has 78 valence electrons. The molecule has 0 aromatic heterocycles. The number of benzene rings is 1. The van der Waals surface area contributed by atoms with Crippen LogP contribution in [0.4, 0.5) is 5.69 Å². The fraction of sp³-hybridized carbons (Fsp3) is 0.455.